The summed E-state index contributed by atoms with van der Waals surface area (Å²) < 4.78 is 0. The summed E-state index contributed by atoms with van der Waals surface area (Å²) in [6, 6.07) is 0. The summed E-state index contributed by atoms with van der Waals surface area (Å²) >= 11 is 0. The molecule has 3 nitrogen and oxygen atoms in total. The molecule has 0 aliphatic rings. The second kappa shape index (κ2) is 6.02. The monoisotopic (exact) mass is 225 g/mol. The Hall–Kier alpha value is -0.860. The first-order valence-corrected chi connectivity index (χ1v) is 6.24. The fourth-order valence-electron chi connectivity index (χ4n) is 1.94. The summed E-state index contributed by atoms with van der Waals surface area (Å²) in [5.41, 5.74) is 1.52. The number of rotatable bonds is 4. The number of aromatic nitrogens is 3. The molecular formula is C13H27N3. The normalized spacial score (nSPS) is 11.9. The molecule has 1 aromatic rings. The summed E-state index contributed by atoms with van der Waals surface area (Å²) in [7, 11) is 0. The van der Waals surface area contributed by atoms with Gasteiger partial charge >= 0.3 is 0 Å². The second-order valence-corrected chi connectivity index (χ2v) is 5.43. The van der Waals surface area contributed by atoms with Crippen LogP contribution < -0.4 is 0 Å². The first-order valence-electron chi connectivity index (χ1n) is 6.24. The molecule has 1 aromatic heterocycles. The van der Waals surface area contributed by atoms with Gasteiger partial charge in [0, 0.05) is 5.41 Å². The maximum absolute atomic E-state index is 4.17. The molecule has 94 valence electrons. The molecule has 0 saturated heterocycles. The molecule has 0 bridgehead atoms. The summed E-state index contributed by atoms with van der Waals surface area (Å²) in [6.07, 6.45) is 4.14. The lowest BCUT2D eigenvalue weighted by molar-refractivity contribution is 0.245. The Morgan fingerprint density at radius 1 is 1.19 bits per heavy atom. The maximum atomic E-state index is 4.17. The zero-order valence-electron chi connectivity index (χ0n) is 11.9. The van der Waals surface area contributed by atoms with Crippen LogP contribution in [0.1, 0.15) is 67.0 Å². The summed E-state index contributed by atoms with van der Waals surface area (Å²) in [6.45, 7) is 15.3. The topological polar surface area (TPSA) is 41.6 Å². The van der Waals surface area contributed by atoms with E-state index < -0.39 is 0 Å². The average Bonchev–Trinajstić information content (AvgIpc) is 2.73. The van der Waals surface area contributed by atoms with Gasteiger partial charge in [0.15, 0.2) is 0 Å². The van der Waals surface area contributed by atoms with Crippen LogP contribution in [0, 0.1) is 5.41 Å². The molecule has 1 heterocycles. The number of hydrogen-bond donors (Lipinski definition) is 1. The minimum atomic E-state index is 0.104. The van der Waals surface area contributed by atoms with Gasteiger partial charge in [-0.1, -0.05) is 54.9 Å². The van der Waals surface area contributed by atoms with Crippen molar-refractivity contribution < 1.29 is 0 Å². The summed E-state index contributed by atoms with van der Waals surface area (Å²) in [5.74, 6) is 0. The van der Waals surface area contributed by atoms with Crippen molar-refractivity contribution in [1.29, 1.82) is 0 Å². The van der Waals surface area contributed by atoms with Crippen molar-refractivity contribution in [3.8, 4) is 0 Å². The van der Waals surface area contributed by atoms with Gasteiger partial charge in [0.2, 0.25) is 0 Å². The standard InChI is InChI=1S/C11H21N3.C2H6/c1-6-10(2,3)8-11(4,5)9-7-12-14-13-9;1-2/h7H,6,8H2,1-5H3,(H,12,13,14);1-2H3. The molecule has 0 radical (unpaired) electrons. The predicted molar refractivity (Wildman–Crippen MR) is 69.4 cm³/mol. The van der Waals surface area contributed by atoms with E-state index in [1.54, 1.807) is 0 Å². The van der Waals surface area contributed by atoms with Crippen LogP contribution in [-0.2, 0) is 5.41 Å². The average molecular weight is 225 g/mol. The Morgan fingerprint density at radius 3 is 2.12 bits per heavy atom. The lowest BCUT2D eigenvalue weighted by Gasteiger charge is -2.32. The summed E-state index contributed by atoms with van der Waals surface area (Å²) in [5, 5.41) is 10.7. The largest absolute Gasteiger partial charge is 0.198 e. The Morgan fingerprint density at radius 2 is 1.75 bits per heavy atom. The number of aromatic amines is 1. The molecule has 1 rings (SSSR count). The van der Waals surface area contributed by atoms with E-state index in [2.05, 4.69) is 50.0 Å². The molecule has 0 spiro atoms. The molecule has 0 atom stereocenters. The van der Waals surface area contributed by atoms with Crippen LogP contribution in [0.15, 0.2) is 6.20 Å². The van der Waals surface area contributed by atoms with Crippen molar-refractivity contribution >= 4 is 0 Å². The highest BCUT2D eigenvalue weighted by Crippen LogP contribution is 2.37. The van der Waals surface area contributed by atoms with Gasteiger partial charge in [-0.3, -0.25) is 0 Å². The van der Waals surface area contributed by atoms with Gasteiger partial charge in [-0.2, -0.15) is 15.4 Å². The third kappa shape index (κ3) is 4.33. The zero-order valence-corrected chi connectivity index (χ0v) is 11.9. The van der Waals surface area contributed by atoms with Gasteiger partial charge in [-0.15, -0.1) is 0 Å². The van der Waals surface area contributed by atoms with Crippen LogP contribution in [0.3, 0.4) is 0 Å². The lowest BCUT2D eigenvalue weighted by atomic mass is 9.72. The number of hydrogen-bond acceptors (Lipinski definition) is 2. The van der Waals surface area contributed by atoms with Gasteiger partial charge in [0.1, 0.15) is 0 Å². The highest BCUT2D eigenvalue weighted by Gasteiger charge is 2.30. The maximum Gasteiger partial charge on any atom is 0.0880 e. The van der Waals surface area contributed by atoms with Crippen LogP contribution in [0.4, 0.5) is 0 Å². The first-order chi connectivity index (χ1) is 7.37. The van der Waals surface area contributed by atoms with Gasteiger partial charge in [-0.25, -0.2) is 0 Å². The van der Waals surface area contributed by atoms with Gasteiger partial charge in [0.25, 0.3) is 0 Å². The molecule has 0 saturated carbocycles. The van der Waals surface area contributed by atoms with Crippen molar-refractivity contribution in [1.82, 2.24) is 15.4 Å². The van der Waals surface area contributed by atoms with Crippen molar-refractivity contribution in [2.75, 3.05) is 0 Å². The van der Waals surface area contributed by atoms with Crippen LogP contribution in [0.5, 0.6) is 0 Å². The van der Waals surface area contributed by atoms with E-state index in [-0.39, 0.29) is 5.41 Å². The predicted octanol–water partition coefficient (Wildman–Crippen LogP) is 3.93. The molecular weight excluding hydrogens is 198 g/mol. The molecule has 1 N–H and O–H groups in total. The van der Waals surface area contributed by atoms with E-state index in [1.807, 2.05) is 20.0 Å². The molecule has 0 fully saturated rings. The van der Waals surface area contributed by atoms with E-state index in [0.717, 1.165) is 12.1 Å². The van der Waals surface area contributed by atoms with Gasteiger partial charge < -0.3 is 0 Å². The zero-order chi connectivity index (χ0) is 12.8. The quantitative estimate of drug-likeness (QED) is 0.843. The smallest absolute Gasteiger partial charge is 0.0880 e. The Labute approximate surface area is 100 Å². The van der Waals surface area contributed by atoms with E-state index in [0.29, 0.717) is 5.41 Å². The van der Waals surface area contributed by atoms with Crippen LogP contribution in [0.25, 0.3) is 0 Å². The highest BCUT2D eigenvalue weighted by molar-refractivity contribution is 5.08. The SMILES string of the molecule is CC.CCC(C)(C)CC(C)(C)c1cn[nH]n1. The van der Waals surface area contributed by atoms with E-state index in [4.69, 9.17) is 0 Å². The lowest BCUT2D eigenvalue weighted by Crippen LogP contribution is -2.26. The van der Waals surface area contributed by atoms with Crippen LogP contribution in [-0.4, -0.2) is 15.4 Å². The van der Waals surface area contributed by atoms with Crippen LogP contribution >= 0.6 is 0 Å². The molecule has 0 unspecified atom stereocenters. The third-order valence-electron chi connectivity index (χ3n) is 2.99. The Bertz CT molecular complexity index is 273. The minimum Gasteiger partial charge on any atom is -0.198 e. The molecule has 0 aromatic carbocycles. The fraction of sp³-hybridized carbons (Fsp3) is 0.846. The molecule has 0 amide bonds. The number of nitrogens with one attached hydrogen (secondary N) is 1. The van der Waals surface area contributed by atoms with Crippen molar-refractivity contribution in [2.45, 2.75) is 66.7 Å². The number of nitrogens with zero attached hydrogens (tertiary/aromatic N) is 2. The Balaban J connectivity index is 0.00000106. The fourth-order valence-corrected chi connectivity index (χ4v) is 1.94. The minimum absolute atomic E-state index is 0.104. The highest BCUT2D eigenvalue weighted by atomic mass is 15.3. The first kappa shape index (κ1) is 15.1. The molecule has 3 heteroatoms. The van der Waals surface area contributed by atoms with Crippen molar-refractivity contribution in [3.05, 3.63) is 11.9 Å². The van der Waals surface area contributed by atoms with Gasteiger partial charge in [0.05, 0.1) is 11.9 Å². The second-order valence-electron chi connectivity index (χ2n) is 5.43. The van der Waals surface area contributed by atoms with E-state index in [9.17, 15) is 0 Å². The number of H-pyrrole nitrogens is 1. The van der Waals surface area contributed by atoms with Crippen LogP contribution in [0.2, 0.25) is 0 Å². The van der Waals surface area contributed by atoms with E-state index in [1.165, 1.54) is 6.42 Å². The van der Waals surface area contributed by atoms with E-state index >= 15 is 0 Å². The van der Waals surface area contributed by atoms with Crippen molar-refractivity contribution in [2.24, 2.45) is 5.41 Å². The Kier molecular flexibility index (Phi) is 5.70. The molecule has 16 heavy (non-hydrogen) atoms. The molecule has 0 aliphatic carbocycles. The van der Waals surface area contributed by atoms with Gasteiger partial charge in [-0.05, 0) is 11.8 Å². The van der Waals surface area contributed by atoms with Crippen molar-refractivity contribution in [3.63, 3.8) is 0 Å². The summed E-state index contributed by atoms with van der Waals surface area (Å²) in [4.78, 5) is 0. The third-order valence-corrected chi connectivity index (χ3v) is 2.99. The molecule has 0 aliphatic heterocycles.